The van der Waals surface area contributed by atoms with Crippen molar-refractivity contribution in [3.05, 3.63) is 42.1 Å². The van der Waals surface area contributed by atoms with Crippen molar-refractivity contribution in [2.45, 2.75) is 38.2 Å². The predicted molar refractivity (Wildman–Crippen MR) is 79.2 cm³/mol. The summed E-state index contributed by atoms with van der Waals surface area (Å²) in [7, 11) is 0. The molecule has 0 saturated heterocycles. The van der Waals surface area contributed by atoms with Gasteiger partial charge in [0.2, 0.25) is 0 Å². The van der Waals surface area contributed by atoms with E-state index in [1.54, 1.807) is 11.8 Å². The Kier molecular flexibility index (Phi) is 5.10. The average Bonchev–Trinajstić information content (AvgIpc) is 3.06. The Bertz CT molecular complexity index is 481. The Morgan fingerprint density at radius 2 is 2.16 bits per heavy atom. The maximum absolute atomic E-state index is 5.74. The van der Waals surface area contributed by atoms with Gasteiger partial charge in [0.15, 0.2) is 0 Å². The molecule has 2 aromatic heterocycles. The molecule has 0 spiro atoms. The van der Waals surface area contributed by atoms with Crippen LogP contribution in [-0.4, -0.2) is 22.1 Å². The fraction of sp³-hybridized carbons (Fsp3) is 0.500. The smallest absolute Gasteiger partial charge is 0.118 e. The highest BCUT2D eigenvalue weighted by Crippen LogP contribution is 2.14. The van der Waals surface area contributed by atoms with Crippen molar-refractivity contribution >= 4 is 11.8 Å². The standard InChI is InChI=1S/C14H21N3OS/c1-11(12(2)17-8-4-7-16-17)15-9-13-5-6-14(18-13)10-19-3/h4-8,11-12,15H,9-10H2,1-3H3. The van der Waals surface area contributed by atoms with E-state index in [4.69, 9.17) is 4.42 Å². The topological polar surface area (TPSA) is 43.0 Å². The van der Waals surface area contributed by atoms with Gasteiger partial charge in [-0.05, 0) is 38.3 Å². The number of nitrogens with zero attached hydrogens (tertiary/aromatic N) is 2. The van der Waals surface area contributed by atoms with Crippen molar-refractivity contribution in [2.75, 3.05) is 6.26 Å². The second-order valence-corrected chi connectivity index (χ2v) is 5.56. The summed E-state index contributed by atoms with van der Waals surface area (Å²) in [6.45, 7) is 5.07. The van der Waals surface area contributed by atoms with Gasteiger partial charge in [-0.25, -0.2) is 0 Å². The third-order valence-corrected chi connectivity index (χ3v) is 3.84. The van der Waals surface area contributed by atoms with E-state index in [1.165, 1.54) is 0 Å². The van der Waals surface area contributed by atoms with Crippen LogP contribution in [0.15, 0.2) is 35.0 Å². The largest absolute Gasteiger partial charge is 0.464 e. The quantitative estimate of drug-likeness (QED) is 0.846. The van der Waals surface area contributed by atoms with E-state index in [1.807, 2.05) is 29.2 Å². The minimum Gasteiger partial charge on any atom is -0.464 e. The maximum Gasteiger partial charge on any atom is 0.118 e. The molecule has 0 aromatic carbocycles. The minimum absolute atomic E-state index is 0.315. The van der Waals surface area contributed by atoms with Gasteiger partial charge in [0.05, 0.1) is 18.3 Å². The molecule has 104 valence electrons. The van der Waals surface area contributed by atoms with Crippen molar-refractivity contribution in [2.24, 2.45) is 0 Å². The summed E-state index contributed by atoms with van der Waals surface area (Å²) in [6, 6.07) is 6.69. The van der Waals surface area contributed by atoms with Crippen LogP contribution in [0, 0.1) is 0 Å². The van der Waals surface area contributed by atoms with E-state index in [2.05, 4.69) is 36.6 Å². The zero-order valence-electron chi connectivity index (χ0n) is 11.7. The van der Waals surface area contributed by atoms with E-state index in [9.17, 15) is 0 Å². The highest BCUT2D eigenvalue weighted by molar-refractivity contribution is 7.97. The average molecular weight is 279 g/mol. The van der Waals surface area contributed by atoms with Crippen LogP contribution < -0.4 is 5.32 Å². The van der Waals surface area contributed by atoms with Crippen LogP contribution in [0.3, 0.4) is 0 Å². The van der Waals surface area contributed by atoms with Crippen molar-refractivity contribution in [3.63, 3.8) is 0 Å². The molecule has 2 aromatic rings. The number of hydrogen-bond donors (Lipinski definition) is 1. The van der Waals surface area contributed by atoms with Gasteiger partial charge < -0.3 is 9.73 Å². The van der Waals surface area contributed by atoms with E-state index < -0.39 is 0 Å². The van der Waals surface area contributed by atoms with Gasteiger partial charge in [-0.15, -0.1) is 0 Å². The summed E-state index contributed by atoms with van der Waals surface area (Å²) in [4.78, 5) is 0. The van der Waals surface area contributed by atoms with Crippen molar-refractivity contribution in [3.8, 4) is 0 Å². The molecular weight excluding hydrogens is 258 g/mol. The predicted octanol–water partition coefficient (Wildman–Crippen LogP) is 3.08. The molecule has 0 bridgehead atoms. The van der Waals surface area contributed by atoms with E-state index in [-0.39, 0.29) is 0 Å². The summed E-state index contributed by atoms with van der Waals surface area (Å²) >= 11 is 1.77. The van der Waals surface area contributed by atoms with Gasteiger partial charge in [0.25, 0.3) is 0 Å². The third kappa shape index (κ3) is 3.88. The summed E-state index contributed by atoms with van der Waals surface area (Å²) < 4.78 is 7.71. The Balaban J connectivity index is 1.84. The number of hydrogen-bond acceptors (Lipinski definition) is 4. The van der Waals surface area contributed by atoms with Crippen LogP contribution >= 0.6 is 11.8 Å². The first-order chi connectivity index (χ1) is 9.20. The molecule has 0 aliphatic rings. The first-order valence-corrected chi connectivity index (χ1v) is 7.89. The van der Waals surface area contributed by atoms with Crippen LogP contribution in [0.25, 0.3) is 0 Å². The van der Waals surface area contributed by atoms with Crippen molar-refractivity contribution in [1.82, 2.24) is 15.1 Å². The van der Waals surface area contributed by atoms with Gasteiger partial charge in [0, 0.05) is 18.4 Å². The highest BCUT2D eigenvalue weighted by Gasteiger charge is 2.14. The molecule has 2 unspecified atom stereocenters. The summed E-state index contributed by atoms with van der Waals surface area (Å²) in [6.07, 6.45) is 5.88. The lowest BCUT2D eigenvalue weighted by atomic mass is 10.2. The zero-order valence-corrected chi connectivity index (χ0v) is 12.5. The number of aromatic nitrogens is 2. The second-order valence-electron chi connectivity index (χ2n) is 4.70. The molecule has 0 saturated carbocycles. The molecule has 2 rings (SSSR count). The fourth-order valence-electron chi connectivity index (χ4n) is 1.92. The van der Waals surface area contributed by atoms with Crippen LogP contribution in [0.4, 0.5) is 0 Å². The van der Waals surface area contributed by atoms with Gasteiger partial charge in [-0.2, -0.15) is 16.9 Å². The lowest BCUT2D eigenvalue weighted by Crippen LogP contribution is -2.33. The van der Waals surface area contributed by atoms with Crippen LogP contribution in [-0.2, 0) is 12.3 Å². The molecule has 0 aliphatic heterocycles. The zero-order chi connectivity index (χ0) is 13.7. The summed E-state index contributed by atoms with van der Waals surface area (Å²) in [5.41, 5.74) is 0. The Labute approximate surface area is 118 Å². The number of nitrogens with one attached hydrogen (secondary N) is 1. The van der Waals surface area contributed by atoms with E-state index in [0.717, 1.165) is 23.8 Å². The third-order valence-electron chi connectivity index (χ3n) is 3.27. The molecular formula is C14H21N3OS. The van der Waals surface area contributed by atoms with Gasteiger partial charge in [0.1, 0.15) is 11.5 Å². The van der Waals surface area contributed by atoms with Crippen molar-refractivity contribution < 1.29 is 4.42 Å². The highest BCUT2D eigenvalue weighted by atomic mass is 32.2. The van der Waals surface area contributed by atoms with E-state index in [0.29, 0.717) is 12.1 Å². The Hall–Kier alpha value is -1.20. The van der Waals surface area contributed by atoms with Crippen LogP contribution in [0.5, 0.6) is 0 Å². The molecule has 2 atom stereocenters. The molecule has 4 nitrogen and oxygen atoms in total. The molecule has 0 aliphatic carbocycles. The fourth-order valence-corrected chi connectivity index (χ4v) is 2.36. The van der Waals surface area contributed by atoms with Crippen LogP contribution in [0.2, 0.25) is 0 Å². The molecule has 19 heavy (non-hydrogen) atoms. The second kappa shape index (κ2) is 6.82. The van der Waals surface area contributed by atoms with Gasteiger partial charge >= 0.3 is 0 Å². The normalized spacial score (nSPS) is 14.5. The maximum atomic E-state index is 5.74. The summed E-state index contributed by atoms with van der Waals surface area (Å²) in [5.74, 6) is 2.96. The van der Waals surface area contributed by atoms with Gasteiger partial charge in [-0.3, -0.25) is 4.68 Å². The SMILES string of the molecule is CSCc1ccc(CNC(C)C(C)n2cccn2)o1. The first-order valence-electron chi connectivity index (χ1n) is 6.49. The molecule has 0 fully saturated rings. The van der Waals surface area contributed by atoms with Gasteiger partial charge in [-0.1, -0.05) is 0 Å². The lowest BCUT2D eigenvalue weighted by molar-refractivity contribution is 0.349. The minimum atomic E-state index is 0.315. The lowest BCUT2D eigenvalue weighted by Gasteiger charge is -2.21. The molecule has 5 heteroatoms. The number of furan rings is 1. The molecule has 1 N–H and O–H groups in total. The van der Waals surface area contributed by atoms with Crippen LogP contribution in [0.1, 0.15) is 31.4 Å². The molecule has 2 heterocycles. The number of rotatable bonds is 7. The Morgan fingerprint density at radius 1 is 1.37 bits per heavy atom. The summed E-state index contributed by atoms with van der Waals surface area (Å²) in [5, 5.41) is 7.75. The Morgan fingerprint density at radius 3 is 2.84 bits per heavy atom. The number of thioether (sulfide) groups is 1. The van der Waals surface area contributed by atoms with E-state index >= 15 is 0 Å². The van der Waals surface area contributed by atoms with Crippen molar-refractivity contribution in [1.29, 1.82) is 0 Å². The first kappa shape index (κ1) is 14.2. The molecule has 0 amide bonds. The monoisotopic (exact) mass is 279 g/mol. The molecule has 0 radical (unpaired) electrons.